The van der Waals surface area contributed by atoms with E-state index in [1.54, 1.807) is 0 Å². The van der Waals surface area contributed by atoms with Crippen molar-refractivity contribution in [3.8, 4) is 0 Å². The molecule has 0 heterocycles. The summed E-state index contributed by atoms with van der Waals surface area (Å²) in [5.41, 5.74) is 0.861. The summed E-state index contributed by atoms with van der Waals surface area (Å²) in [7, 11) is 0. The Morgan fingerprint density at radius 3 is 2.50 bits per heavy atom. The molecule has 65 valence electrons. The van der Waals surface area contributed by atoms with Crippen molar-refractivity contribution in [1.82, 2.24) is 0 Å². The minimum atomic E-state index is -0.609. The van der Waals surface area contributed by atoms with Gasteiger partial charge >= 0.3 is 0 Å². The van der Waals surface area contributed by atoms with Crippen LogP contribution in [-0.4, -0.2) is 0 Å². The Hall–Kier alpha value is -0.340. The molecule has 2 heteroatoms. The first-order valence-electron chi connectivity index (χ1n) is 4.02. The molecule has 0 saturated carbocycles. The van der Waals surface area contributed by atoms with Crippen molar-refractivity contribution in [3.05, 3.63) is 34.3 Å². The topological polar surface area (TPSA) is 19.9 Å². The van der Waals surface area contributed by atoms with Crippen LogP contribution in [0.1, 0.15) is 25.5 Å². The molecule has 0 amide bonds. The Labute approximate surface area is 81.6 Å². The van der Waals surface area contributed by atoms with Crippen LogP contribution in [0.15, 0.2) is 28.7 Å². The highest BCUT2D eigenvalue weighted by atomic mass is 79.9. The smallest absolute Gasteiger partial charge is 0.120 e. The fourth-order valence-electron chi connectivity index (χ4n) is 1.07. The fraction of sp³-hybridized carbons (Fsp3) is 0.400. The van der Waals surface area contributed by atoms with Crippen LogP contribution in [0.5, 0.6) is 0 Å². The summed E-state index contributed by atoms with van der Waals surface area (Å²) in [4.78, 5) is 0. The van der Waals surface area contributed by atoms with Crippen LogP contribution < -0.4 is 0 Å². The molecular formula is C10H12BrO. The van der Waals surface area contributed by atoms with E-state index in [4.69, 9.17) is 0 Å². The van der Waals surface area contributed by atoms with Gasteiger partial charge in [0.2, 0.25) is 0 Å². The Balaban J connectivity index is 2.88. The van der Waals surface area contributed by atoms with Gasteiger partial charge in [0.1, 0.15) is 6.10 Å². The lowest BCUT2D eigenvalue weighted by Gasteiger charge is -2.12. The molecule has 1 unspecified atom stereocenters. The van der Waals surface area contributed by atoms with Crippen LogP contribution in [0, 0.1) is 5.92 Å². The van der Waals surface area contributed by atoms with E-state index in [1.807, 2.05) is 38.1 Å². The molecule has 0 bridgehead atoms. The van der Waals surface area contributed by atoms with E-state index in [0.29, 0.717) is 0 Å². The van der Waals surface area contributed by atoms with Crippen LogP contribution in [0.4, 0.5) is 0 Å². The molecule has 12 heavy (non-hydrogen) atoms. The van der Waals surface area contributed by atoms with Gasteiger partial charge in [-0.25, -0.2) is 5.11 Å². The highest BCUT2D eigenvalue weighted by Crippen LogP contribution is 2.24. The van der Waals surface area contributed by atoms with E-state index in [9.17, 15) is 5.11 Å². The molecule has 0 aromatic heterocycles. The van der Waals surface area contributed by atoms with Crippen LogP contribution in [-0.2, 0) is 5.11 Å². The van der Waals surface area contributed by atoms with E-state index in [-0.39, 0.29) is 5.92 Å². The number of hydrogen-bond donors (Lipinski definition) is 0. The molecule has 0 aliphatic rings. The van der Waals surface area contributed by atoms with Gasteiger partial charge in [0.05, 0.1) is 0 Å². The second-order valence-electron chi connectivity index (χ2n) is 3.22. The maximum absolute atomic E-state index is 11.6. The van der Waals surface area contributed by atoms with Gasteiger partial charge in [-0.1, -0.05) is 41.9 Å². The molecule has 0 aliphatic carbocycles. The summed E-state index contributed by atoms with van der Waals surface area (Å²) in [6, 6.07) is 7.59. The molecular weight excluding hydrogens is 216 g/mol. The molecule has 0 N–H and O–H groups in total. The third kappa shape index (κ3) is 2.32. The van der Waals surface area contributed by atoms with Crippen molar-refractivity contribution in [2.45, 2.75) is 20.0 Å². The van der Waals surface area contributed by atoms with E-state index in [1.165, 1.54) is 0 Å². The van der Waals surface area contributed by atoms with Gasteiger partial charge in [-0.05, 0) is 23.6 Å². The summed E-state index contributed by atoms with van der Waals surface area (Å²) in [6.45, 7) is 3.89. The van der Waals surface area contributed by atoms with Crippen LogP contribution >= 0.6 is 15.9 Å². The van der Waals surface area contributed by atoms with Crippen molar-refractivity contribution in [2.24, 2.45) is 5.92 Å². The average Bonchev–Trinajstić information content (AvgIpc) is 2.03. The zero-order valence-corrected chi connectivity index (χ0v) is 8.84. The first kappa shape index (κ1) is 9.75. The van der Waals surface area contributed by atoms with Gasteiger partial charge in [0.15, 0.2) is 0 Å². The summed E-state index contributed by atoms with van der Waals surface area (Å²) >= 11 is 3.34. The molecule has 0 spiro atoms. The monoisotopic (exact) mass is 227 g/mol. The van der Waals surface area contributed by atoms with Gasteiger partial charge in [-0.15, -0.1) is 0 Å². The molecule has 1 aromatic carbocycles. The van der Waals surface area contributed by atoms with Crippen molar-refractivity contribution in [2.75, 3.05) is 0 Å². The summed E-state index contributed by atoms with van der Waals surface area (Å²) in [5.74, 6) is 0.152. The molecule has 1 nitrogen and oxygen atoms in total. The molecule has 1 atom stereocenters. The lowest BCUT2D eigenvalue weighted by atomic mass is 10.00. The fourth-order valence-corrected chi connectivity index (χ4v) is 1.49. The SMILES string of the molecule is CC(C)C([O])c1cccc(Br)c1. The Morgan fingerprint density at radius 1 is 1.33 bits per heavy atom. The molecule has 0 fully saturated rings. The Morgan fingerprint density at radius 2 is 2.00 bits per heavy atom. The maximum Gasteiger partial charge on any atom is 0.120 e. The van der Waals surface area contributed by atoms with E-state index < -0.39 is 6.10 Å². The summed E-state index contributed by atoms with van der Waals surface area (Å²) in [5, 5.41) is 11.6. The third-order valence-electron chi connectivity index (χ3n) is 1.78. The van der Waals surface area contributed by atoms with Crippen molar-refractivity contribution in [1.29, 1.82) is 0 Å². The maximum atomic E-state index is 11.6. The lowest BCUT2D eigenvalue weighted by Crippen LogP contribution is -2.03. The molecule has 0 saturated heterocycles. The number of halogens is 1. The van der Waals surface area contributed by atoms with Gasteiger partial charge in [-0.3, -0.25) is 0 Å². The number of benzene rings is 1. The van der Waals surface area contributed by atoms with Crippen molar-refractivity contribution in [3.63, 3.8) is 0 Å². The van der Waals surface area contributed by atoms with E-state index in [2.05, 4.69) is 15.9 Å². The second kappa shape index (κ2) is 4.06. The van der Waals surface area contributed by atoms with Crippen LogP contribution in [0.25, 0.3) is 0 Å². The van der Waals surface area contributed by atoms with Gasteiger partial charge < -0.3 is 0 Å². The summed E-state index contributed by atoms with van der Waals surface area (Å²) < 4.78 is 0.974. The minimum absolute atomic E-state index is 0.152. The largest absolute Gasteiger partial charge is 0.228 e. The van der Waals surface area contributed by atoms with Gasteiger partial charge in [0.25, 0.3) is 0 Å². The molecule has 1 aromatic rings. The first-order valence-corrected chi connectivity index (χ1v) is 4.82. The Kier molecular flexibility index (Phi) is 3.29. The minimum Gasteiger partial charge on any atom is -0.228 e. The van der Waals surface area contributed by atoms with Gasteiger partial charge in [0, 0.05) is 4.47 Å². The predicted octanol–water partition coefficient (Wildman–Crippen LogP) is 3.58. The molecule has 1 rings (SSSR count). The molecule has 1 radical (unpaired) electrons. The quantitative estimate of drug-likeness (QED) is 0.737. The average molecular weight is 228 g/mol. The third-order valence-corrected chi connectivity index (χ3v) is 2.28. The molecule has 0 aliphatic heterocycles. The standard InChI is InChI=1S/C10H12BrO/c1-7(2)10(12)8-4-3-5-9(11)6-8/h3-7,10H,1-2H3. The highest BCUT2D eigenvalue weighted by molar-refractivity contribution is 9.10. The second-order valence-corrected chi connectivity index (χ2v) is 4.14. The van der Waals surface area contributed by atoms with Crippen molar-refractivity contribution >= 4 is 15.9 Å². The number of rotatable bonds is 2. The summed E-state index contributed by atoms with van der Waals surface area (Å²) in [6.07, 6.45) is -0.609. The first-order chi connectivity index (χ1) is 5.61. The van der Waals surface area contributed by atoms with E-state index >= 15 is 0 Å². The van der Waals surface area contributed by atoms with Crippen LogP contribution in [0.3, 0.4) is 0 Å². The zero-order chi connectivity index (χ0) is 9.14. The highest BCUT2D eigenvalue weighted by Gasteiger charge is 2.13. The normalized spacial score (nSPS) is 13.4. The number of hydrogen-bond acceptors (Lipinski definition) is 0. The van der Waals surface area contributed by atoms with Crippen molar-refractivity contribution < 1.29 is 5.11 Å². The zero-order valence-electron chi connectivity index (χ0n) is 7.25. The van der Waals surface area contributed by atoms with Crippen LogP contribution in [0.2, 0.25) is 0 Å². The Bertz CT molecular complexity index is 258. The predicted molar refractivity (Wildman–Crippen MR) is 52.4 cm³/mol. The van der Waals surface area contributed by atoms with E-state index in [0.717, 1.165) is 10.0 Å². The lowest BCUT2D eigenvalue weighted by molar-refractivity contribution is 0.0487. The van der Waals surface area contributed by atoms with Gasteiger partial charge in [-0.2, -0.15) is 0 Å².